The number of fused-ring (bicyclic) bond motifs is 8. The zero-order valence-corrected chi connectivity index (χ0v) is 17.5. The normalized spacial score (nSPS) is 32.0. The molecule has 2 aliphatic heterocycles. The Morgan fingerprint density at radius 2 is 1.70 bits per heavy atom. The van der Waals surface area contributed by atoms with E-state index in [1.807, 2.05) is 24.3 Å². The molecule has 1 saturated heterocycles. The lowest BCUT2D eigenvalue weighted by atomic mass is 9.71. The van der Waals surface area contributed by atoms with Crippen molar-refractivity contribution in [3.05, 3.63) is 59.7 Å². The van der Waals surface area contributed by atoms with Crippen LogP contribution in [-0.2, 0) is 20.6 Å². The Kier molecular flexibility index (Phi) is 4.19. The molecule has 4 aliphatic rings. The van der Waals surface area contributed by atoms with Crippen LogP contribution in [0.25, 0.3) is 0 Å². The van der Waals surface area contributed by atoms with Crippen molar-refractivity contribution in [3.8, 4) is 5.75 Å². The molecule has 2 aliphatic carbocycles. The Hall–Kier alpha value is -3.36. The fraction of sp³-hybridized carbons (Fsp3) is 0.375. The number of anilines is 1. The minimum Gasteiger partial charge on any atom is -0.497 e. The number of alkyl halides is 3. The summed E-state index contributed by atoms with van der Waals surface area (Å²) in [5.74, 6) is -1.84. The van der Waals surface area contributed by atoms with Gasteiger partial charge in [-0.05, 0) is 54.8 Å². The molecule has 0 radical (unpaired) electrons. The van der Waals surface area contributed by atoms with E-state index in [9.17, 15) is 22.8 Å². The maximum Gasteiger partial charge on any atom is 0.416 e. The van der Waals surface area contributed by atoms with Gasteiger partial charge >= 0.3 is 6.18 Å². The number of carbonyl (C=O) groups excluding carboxylic acids is 2. The van der Waals surface area contributed by atoms with Gasteiger partial charge in [-0.2, -0.15) is 13.2 Å². The molecule has 6 atom stereocenters. The lowest BCUT2D eigenvalue weighted by molar-refractivity contribution is -0.137. The molecule has 0 spiro atoms. The number of methoxy groups -OCH3 is 1. The Bertz CT molecular complexity index is 1190. The second-order valence-corrected chi connectivity index (χ2v) is 8.98. The van der Waals surface area contributed by atoms with E-state index in [2.05, 4.69) is 5.16 Å². The van der Waals surface area contributed by atoms with Crippen LogP contribution in [-0.4, -0.2) is 30.7 Å². The fourth-order valence-corrected chi connectivity index (χ4v) is 6.20. The van der Waals surface area contributed by atoms with Crippen LogP contribution in [0.4, 0.5) is 18.9 Å². The summed E-state index contributed by atoms with van der Waals surface area (Å²) < 4.78 is 44.8. The van der Waals surface area contributed by atoms with Gasteiger partial charge in [0.05, 0.1) is 35.9 Å². The van der Waals surface area contributed by atoms with Gasteiger partial charge in [-0.25, -0.2) is 0 Å². The first-order valence-corrected chi connectivity index (χ1v) is 10.7. The molecular weight excluding hydrogens is 437 g/mol. The summed E-state index contributed by atoms with van der Waals surface area (Å²) in [5, 5.41) is 4.29. The highest BCUT2D eigenvalue weighted by Gasteiger charge is 2.70. The van der Waals surface area contributed by atoms with Crippen LogP contribution in [0.2, 0.25) is 0 Å². The van der Waals surface area contributed by atoms with Gasteiger partial charge < -0.3 is 9.57 Å². The van der Waals surface area contributed by atoms with E-state index < -0.39 is 35.4 Å². The van der Waals surface area contributed by atoms with Gasteiger partial charge in [0, 0.05) is 17.4 Å². The molecule has 6 nitrogen and oxygen atoms in total. The highest BCUT2D eigenvalue weighted by atomic mass is 19.4. The minimum absolute atomic E-state index is 0.0382. The Balaban J connectivity index is 1.32. The molecule has 33 heavy (non-hydrogen) atoms. The molecule has 0 aromatic heterocycles. The average Bonchev–Trinajstić information content (AvgIpc) is 3.53. The summed E-state index contributed by atoms with van der Waals surface area (Å²) in [6, 6.07) is 11.8. The standard InChI is InChI=1S/C24H19F3N2O4/c1-32-14-7-5-11(6-8-14)20-19-15-10-16(21(19)33-28-20)18-17(15)22(30)29(23(18)31)13-4-2-3-12(9-13)24(25,26)27/h2-9,15-19,21H,10H2,1H3/t15-,16+,17+,18-,19+,21+/m1/s1. The lowest BCUT2D eigenvalue weighted by Crippen LogP contribution is -2.41. The van der Waals surface area contributed by atoms with Crippen LogP contribution in [0.5, 0.6) is 5.75 Å². The van der Waals surface area contributed by atoms with E-state index in [-0.39, 0.29) is 29.5 Å². The summed E-state index contributed by atoms with van der Waals surface area (Å²) in [5.41, 5.74) is 0.670. The number of nitrogens with zero attached hydrogens (tertiary/aromatic N) is 2. The number of halogens is 3. The van der Waals surface area contributed by atoms with Gasteiger partial charge in [0.2, 0.25) is 11.8 Å². The minimum atomic E-state index is -4.56. The summed E-state index contributed by atoms with van der Waals surface area (Å²) in [6.45, 7) is 0. The van der Waals surface area contributed by atoms with Crippen LogP contribution >= 0.6 is 0 Å². The molecule has 2 saturated carbocycles. The summed E-state index contributed by atoms with van der Waals surface area (Å²) in [6.07, 6.45) is -4.22. The fourth-order valence-electron chi connectivity index (χ4n) is 6.20. The van der Waals surface area contributed by atoms with Gasteiger partial charge in [-0.3, -0.25) is 14.5 Å². The molecule has 6 rings (SSSR count). The van der Waals surface area contributed by atoms with Crippen molar-refractivity contribution in [1.29, 1.82) is 0 Å². The van der Waals surface area contributed by atoms with Crippen molar-refractivity contribution in [1.82, 2.24) is 0 Å². The van der Waals surface area contributed by atoms with Crippen LogP contribution in [0.1, 0.15) is 17.5 Å². The van der Waals surface area contributed by atoms with Crippen molar-refractivity contribution in [2.24, 2.45) is 34.7 Å². The van der Waals surface area contributed by atoms with E-state index in [4.69, 9.17) is 9.57 Å². The molecule has 2 bridgehead atoms. The molecule has 3 fully saturated rings. The lowest BCUT2D eigenvalue weighted by Gasteiger charge is -2.29. The molecule has 0 unspecified atom stereocenters. The third-order valence-corrected chi connectivity index (χ3v) is 7.51. The van der Waals surface area contributed by atoms with E-state index in [1.165, 1.54) is 12.1 Å². The maximum absolute atomic E-state index is 13.4. The number of amides is 2. The van der Waals surface area contributed by atoms with Gasteiger partial charge in [0.1, 0.15) is 11.9 Å². The maximum atomic E-state index is 13.4. The summed E-state index contributed by atoms with van der Waals surface area (Å²) >= 11 is 0. The molecule has 0 N–H and O–H groups in total. The third-order valence-electron chi connectivity index (χ3n) is 7.51. The molecule has 9 heteroatoms. The van der Waals surface area contributed by atoms with Crippen molar-refractivity contribution in [2.75, 3.05) is 12.0 Å². The number of rotatable bonds is 3. The Morgan fingerprint density at radius 1 is 1.00 bits per heavy atom. The zero-order chi connectivity index (χ0) is 23.1. The highest BCUT2D eigenvalue weighted by Crippen LogP contribution is 2.62. The van der Waals surface area contributed by atoms with E-state index >= 15 is 0 Å². The quantitative estimate of drug-likeness (QED) is 0.658. The number of hydrogen-bond acceptors (Lipinski definition) is 5. The second kappa shape index (κ2) is 6.82. The first-order valence-electron chi connectivity index (χ1n) is 10.7. The summed E-state index contributed by atoms with van der Waals surface area (Å²) in [7, 11) is 1.58. The predicted molar refractivity (Wildman–Crippen MR) is 110 cm³/mol. The van der Waals surface area contributed by atoms with Crippen LogP contribution < -0.4 is 9.64 Å². The monoisotopic (exact) mass is 456 g/mol. The van der Waals surface area contributed by atoms with Crippen LogP contribution in [0, 0.1) is 29.6 Å². The average molecular weight is 456 g/mol. The number of hydrogen-bond donors (Lipinski definition) is 0. The topological polar surface area (TPSA) is 68.2 Å². The van der Waals surface area contributed by atoms with Crippen molar-refractivity contribution in [2.45, 2.75) is 18.7 Å². The number of oxime groups is 1. The van der Waals surface area contributed by atoms with Gasteiger partial charge in [-0.1, -0.05) is 11.2 Å². The molecule has 2 aromatic carbocycles. The first kappa shape index (κ1) is 20.3. The number of ether oxygens (including phenoxy) is 1. The molecule has 170 valence electrons. The molecule has 2 aromatic rings. The SMILES string of the molecule is COc1ccc(C2=NO[C@H]3[C@H]4C[C@@H]([C@@H]23)[C@@H]2C(=O)N(c3cccc(C(F)(F)F)c3)C(=O)[C@H]42)cc1. The largest absolute Gasteiger partial charge is 0.497 e. The van der Waals surface area contributed by atoms with E-state index in [0.717, 1.165) is 28.3 Å². The van der Waals surface area contributed by atoms with Crippen molar-refractivity contribution < 1.29 is 32.3 Å². The number of benzene rings is 2. The Morgan fingerprint density at radius 3 is 2.36 bits per heavy atom. The second-order valence-electron chi connectivity index (χ2n) is 8.98. The van der Waals surface area contributed by atoms with Crippen molar-refractivity contribution in [3.63, 3.8) is 0 Å². The summed E-state index contributed by atoms with van der Waals surface area (Å²) in [4.78, 5) is 33.4. The first-order chi connectivity index (χ1) is 15.8. The van der Waals surface area contributed by atoms with Gasteiger partial charge in [0.25, 0.3) is 0 Å². The highest BCUT2D eigenvalue weighted by molar-refractivity contribution is 6.23. The van der Waals surface area contributed by atoms with Crippen LogP contribution in [0.15, 0.2) is 53.7 Å². The van der Waals surface area contributed by atoms with Gasteiger partial charge in [0.15, 0.2) is 0 Å². The molecule has 2 heterocycles. The zero-order valence-electron chi connectivity index (χ0n) is 17.5. The van der Waals surface area contributed by atoms with E-state index in [0.29, 0.717) is 12.2 Å². The van der Waals surface area contributed by atoms with Crippen LogP contribution in [0.3, 0.4) is 0 Å². The molecular formula is C24H19F3N2O4. The number of imide groups is 1. The van der Waals surface area contributed by atoms with Crippen molar-refractivity contribution >= 4 is 23.2 Å². The molecule has 2 amide bonds. The smallest absolute Gasteiger partial charge is 0.416 e. The van der Waals surface area contributed by atoms with Gasteiger partial charge in [-0.15, -0.1) is 0 Å². The number of carbonyl (C=O) groups is 2. The third kappa shape index (κ3) is 2.77. The Labute approximate surface area is 187 Å². The predicted octanol–water partition coefficient (Wildman–Crippen LogP) is 3.89. The van der Waals surface area contributed by atoms with E-state index in [1.54, 1.807) is 7.11 Å².